The lowest BCUT2D eigenvalue weighted by atomic mass is 10.2. The molecule has 1 heterocycles. The summed E-state index contributed by atoms with van der Waals surface area (Å²) in [7, 11) is 0. The molecule has 2 aromatic carbocycles. The Balaban J connectivity index is 1.85. The molecule has 0 saturated heterocycles. The van der Waals surface area contributed by atoms with E-state index in [1.807, 2.05) is 0 Å². The van der Waals surface area contributed by atoms with E-state index in [4.69, 9.17) is 17.4 Å². The molecule has 8 heteroatoms. The molecule has 0 spiro atoms. The number of aromatic nitrogens is 3. The van der Waals surface area contributed by atoms with Crippen LogP contribution in [-0.2, 0) is 5.75 Å². The summed E-state index contributed by atoms with van der Waals surface area (Å²) in [6.07, 6.45) is 0. The van der Waals surface area contributed by atoms with Crippen LogP contribution < -0.4 is 5.84 Å². The highest BCUT2D eigenvalue weighted by atomic mass is 35.5. The molecule has 2 N–H and O–H groups in total. The zero-order valence-electron chi connectivity index (χ0n) is 11.7. The number of nitrogens with two attached hydrogens (primary N) is 1. The molecule has 3 rings (SSSR count). The fourth-order valence-electron chi connectivity index (χ4n) is 2.01. The van der Waals surface area contributed by atoms with Crippen molar-refractivity contribution in [1.82, 2.24) is 14.9 Å². The molecule has 23 heavy (non-hydrogen) atoms. The molecular weight excluding hydrogens is 342 g/mol. The summed E-state index contributed by atoms with van der Waals surface area (Å²) in [5.74, 6) is 5.19. The normalized spacial score (nSPS) is 10.9. The first-order valence-corrected chi connectivity index (χ1v) is 7.95. The average Bonchev–Trinajstić information content (AvgIpc) is 2.88. The number of halogens is 3. The van der Waals surface area contributed by atoms with Crippen molar-refractivity contribution in [3.05, 3.63) is 64.7 Å². The van der Waals surface area contributed by atoms with Crippen LogP contribution in [-0.4, -0.2) is 14.9 Å². The molecule has 0 bridgehead atoms. The maximum atomic E-state index is 13.6. The summed E-state index contributed by atoms with van der Waals surface area (Å²) >= 11 is 7.20. The molecule has 0 saturated carbocycles. The number of benzene rings is 2. The third kappa shape index (κ3) is 3.16. The van der Waals surface area contributed by atoms with Crippen LogP contribution in [0.5, 0.6) is 0 Å². The lowest BCUT2D eigenvalue weighted by molar-refractivity contribution is 0.566. The van der Waals surface area contributed by atoms with Crippen molar-refractivity contribution < 1.29 is 8.78 Å². The average molecular weight is 353 g/mol. The smallest absolute Gasteiger partial charge is 0.210 e. The molecule has 0 unspecified atom stereocenters. The van der Waals surface area contributed by atoms with Crippen molar-refractivity contribution in [2.45, 2.75) is 10.9 Å². The van der Waals surface area contributed by atoms with Crippen LogP contribution in [0.15, 0.2) is 47.6 Å². The number of thioether (sulfide) groups is 1. The molecule has 1 aromatic heterocycles. The fraction of sp³-hybridized carbons (Fsp3) is 0.0667. The Hall–Kier alpha value is -2.12. The van der Waals surface area contributed by atoms with E-state index in [2.05, 4.69) is 10.2 Å². The van der Waals surface area contributed by atoms with Crippen LogP contribution in [0.4, 0.5) is 8.78 Å². The summed E-state index contributed by atoms with van der Waals surface area (Å²) in [6.45, 7) is 0. The van der Waals surface area contributed by atoms with Crippen molar-refractivity contribution in [2.75, 3.05) is 5.84 Å². The fourth-order valence-corrected chi connectivity index (χ4v) is 3.10. The molecular formula is C15H11ClF2N4S. The Morgan fingerprint density at radius 1 is 1.04 bits per heavy atom. The van der Waals surface area contributed by atoms with Gasteiger partial charge in [-0.25, -0.2) is 13.5 Å². The van der Waals surface area contributed by atoms with Gasteiger partial charge in [0, 0.05) is 16.9 Å². The minimum absolute atomic E-state index is 0.0280. The number of hydrogen-bond donors (Lipinski definition) is 1. The molecule has 0 aliphatic rings. The van der Waals surface area contributed by atoms with Crippen LogP contribution in [0.1, 0.15) is 5.56 Å². The van der Waals surface area contributed by atoms with Gasteiger partial charge in [-0.2, -0.15) is 0 Å². The summed E-state index contributed by atoms with van der Waals surface area (Å²) < 4.78 is 28.5. The number of nitrogens with zero attached hydrogens (tertiary/aromatic N) is 3. The lowest BCUT2D eigenvalue weighted by Gasteiger charge is -2.06. The summed E-state index contributed by atoms with van der Waals surface area (Å²) in [4.78, 5) is 0. The predicted molar refractivity (Wildman–Crippen MR) is 86.5 cm³/mol. The van der Waals surface area contributed by atoms with E-state index in [0.717, 1.165) is 11.8 Å². The summed E-state index contributed by atoms with van der Waals surface area (Å²) in [6, 6.07) is 10.8. The largest absolute Gasteiger partial charge is 0.335 e. The van der Waals surface area contributed by atoms with Crippen LogP contribution in [0.3, 0.4) is 0 Å². The van der Waals surface area contributed by atoms with Gasteiger partial charge in [0.1, 0.15) is 11.6 Å². The van der Waals surface area contributed by atoms with Crippen molar-refractivity contribution >= 4 is 23.4 Å². The van der Waals surface area contributed by atoms with Gasteiger partial charge in [-0.1, -0.05) is 41.6 Å². The van der Waals surface area contributed by atoms with E-state index in [1.54, 1.807) is 24.3 Å². The standard InChI is InChI=1S/C15H11ClF2N4S/c16-11-5-2-1-4-9(11)14-20-21-15(22(14)19)23-8-10-12(17)6-3-7-13(10)18/h1-7H,8,19H2. The number of rotatable bonds is 4. The quantitative estimate of drug-likeness (QED) is 0.572. The molecule has 3 aromatic rings. The predicted octanol–water partition coefficient (Wildman–Crippen LogP) is 3.88. The Kier molecular flexibility index (Phi) is 4.49. The van der Waals surface area contributed by atoms with Gasteiger partial charge in [0.05, 0.1) is 5.02 Å². The van der Waals surface area contributed by atoms with E-state index < -0.39 is 11.6 Å². The highest BCUT2D eigenvalue weighted by Gasteiger charge is 2.16. The molecule has 0 radical (unpaired) electrons. The van der Waals surface area contributed by atoms with Gasteiger partial charge in [0.2, 0.25) is 5.16 Å². The van der Waals surface area contributed by atoms with Gasteiger partial charge >= 0.3 is 0 Å². The van der Waals surface area contributed by atoms with E-state index in [1.165, 1.54) is 22.9 Å². The third-order valence-corrected chi connectivity index (χ3v) is 4.49. The maximum absolute atomic E-state index is 13.6. The molecule has 0 fully saturated rings. The Bertz CT molecular complexity index is 833. The van der Waals surface area contributed by atoms with E-state index in [-0.39, 0.29) is 11.3 Å². The van der Waals surface area contributed by atoms with Gasteiger partial charge in [-0.15, -0.1) is 10.2 Å². The van der Waals surface area contributed by atoms with Crippen LogP contribution >= 0.6 is 23.4 Å². The highest BCUT2D eigenvalue weighted by Crippen LogP contribution is 2.29. The maximum Gasteiger partial charge on any atom is 0.210 e. The van der Waals surface area contributed by atoms with Crippen LogP contribution in [0.25, 0.3) is 11.4 Å². The van der Waals surface area contributed by atoms with Crippen LogP contribution in [0, 0.1) is 11.6 Å². The zero-order valence-corrected chi connectivity index (χ0v) is 13.3. The highest BCUT2D eigenvalue weighted by molar-refractivity contribution is 7.98. The molecule has 0 aliphatic heterocycles. The molecule has 0 atom stereocenters. The summed E-state index contributed by atoms with van der Waals surface area (Å²) in [5.41, 5.74) is 0.605. The summed E-state index contributed by atoms with van der Waals surface area (Å²) in [5, 5.41) is 8.78. The monoisotopic (exact) mass is 352 g/mol. The number of nitrogen functional groups attached to an aromatic ring is 1. The second kappa shape index (κ2) is 6.55. The molecule has 118 valence electrons. The minimum atomic E-state index is -0.605. The van der Waals surface area contributed by atoms with Crippen molar-refractivity contribution in [3.8, 4) is 11.4 Å². The second-order valence-corrected chi connectivity index (χ2v) is 5.99. The van der Waals surface area contributed by atoms with Gasteiger partial charge in [0.25, 0.3) is 0 Å². The topological polar surface area (TPSA) is 56.7 Å². The Morgan fingerprint density at radius 2 is 1.74 bits per heavy atom. The van der Waals surface area contributed by atoms with Crippen molar-refractivity contribution in [3.63, 3.8) is 0 Å². The van der Waals surface area contributed by atoms with Gasteiger partial charge < -0.3 is 5.84 Å². The van der Waals surface area contributed by atoms with E-state index in [0.29, 0.717) is 21.6 Å². The molecule has 0 aliphatic carbocycles. The van der Waals surface area contributed by atoms with Crippen LogP contribution in [0.2, 0.25) is 5.02 Å². The zero-order chi connectivity index (χ0) is 16.4. The SMILES string of the molecule is Nn1c(SCc2c(F)cccc2F)nnc1-c1ccccc1Cl. The van der Waals surface area contributed by atoms with E-state index in [9.17, 15) is 8.78 Å². The van der Waals surface area contributed by atoms with Gasteiger partial charge in [0.15, 0.2) is 5.82 Å². The lowest BCUT2D eigenvalue weighted by Crippen LogP contribution is -2.11. The minimum Gasteiger partial charge on any atom is -0.335 e. The first-order valence-electron chi connectivity index (χ1n) is 6.59. The first kappa shape index (κ1) is 15.8. The Morgan fingerprint density at radius 3 is 2.43 bits per heavy atom. The molecule has 4 nitrogen and oxygen atoms in total. The van der Waals surface area contributed by atoms with E-state index >= 15 is 0 Å². The van der Waals surface area contributed by atoms with Crippen molar-refractivity contribution in [2.24, 2.45) is 0 Å². The van der Waals surface area contributed by atoms with Crippen molar-refractivity contribution in [1.29, 1.82) is 0 Å². The molecule has 0 amide bonds. The number of hydrogen-bond acceptors (Lipinski definition) is 4. The third-order valence-electron chi connectivity index (χ3n) is 3.19. The first-order chi connectivity index (χ1) is 11.1. The van der Waals surface area contributed by atoms with Gasteiger partial charge in [-0.05, 0) is 24.3 Å². The second-order valence-electron chi connectivity index (χ2n) is 4.64. The van der Waals surface area contributed by atoms with Gasteiger partial charge in [-0.3, -0.25) is 0 Å². The Labute approximate surface area is 140 Å².